The fraction of sp³-hybridized carbons (Fsp3) is 0.158. The van der Waals surface area contributed by atoms with E-state index in [1.54, 1.807) is 30.5 Å². The first-order chi connectivity index (χ1) is 12.5. The van der Waals surface area contributed by atoms with E-state index in [1.165, 1.54) is 5.01 Å². The van der Waals surface area contributed by atoms with E-state index in [4.69, 9.17) is 11.6 Å². The molecule has 2 heterocycles. The molecule has 0 bridgehead atoms. The number of rotatable bonds is 3. The standard InChI is InChI=1S/C19H16ClN5O/c1-11-16(19(26)25(24-11)15-6-3-13(20)4-7-15)10-21-14-5-8-17-18(9-14)23-12(2)22-17/h3-10,16H,1-2H3,(H,22,23). The predicted octanol–water partition coefficient (Wildman–Crippen LogP) is 4.27. The average Bonchev–Trinajstić information content (AvgIpc) is 3.12. The van der Waals surface area contributed by atoms with Crippen LogP contribution in [0.1, 0.15) is 12.7 Å². The van der Waals surface area contributed by atoms with Crippen LogP contribution >= 0.6 is 11.6 Å². The zero-order valence-corrected chi connectivity index (χ0v) is 15.0. The number of nitrogens with one attached hydrogen (secondary N) is 1. The molecule has 1 atom stereocenters. The summed E-state index contributed by atoms with van der Waals surface area (Å²) in [6.45, 7) is 3.73. The number of hydrazone groups is 1. The van der Waals surface area contributed by atoms with Gasteiger partial charge in [-0.15, -0.1) is 0 Å². The van der Waals surface area contributed by atoms with Crippen LogP contribution in [0, 0.1) is 12.8 Å². The second-order valence-corrected chi connectivity index (χ2v) is 6.58. The van der Waals surface area contributed by atoms with Gasteiger partial charge >= 0.3 is 0 Å². The third-order valence-corrected chi connectivity index (χ3v) is 4.46. The minimum atomic E-state index is -0.482. The number of aromatic nitrogens is 2. The second-order valence-electron chi connectivity index (χ2n) is 6.15. The number of carbonyl (C=O) groups is 1. The lowest BCUT2D eigenvalue weighted by atomic mass is 10.1. The van der Waals surface area contributed by atoms with Crippen molar-refractivity contribution in [1.82, 2.24) is 9.97 Å². The Kier molecular flexibility index (Phi) is 4.05. The highest BCUT2D eigenvalue weighted by Gasteiger charge is 2.33. The maximum Gasteiger partial charge on any atom is 0.261 e. The highest BCUT2D eigenvalue weighted by atomic mass is 35.5. The van der Waals surface area contributed by atoms with E-state index in [-0.39, 0.29) is 5.91 Å². The van der Waals surface area contributed by atoms with Crippen molar-refractivity contribution >= 4 is 51.8 Å². The van der Waals surface area contributed by atoms with Crippen molar-refractivity contribution in [1.29, 1.82) is 0 Å². The molecule has 0 radical (unpaired) electrons. The normalized spacial score (nSPS) is 17.5. The van der Waals surface area contributed by atoms with Crippen LogP contribution in [0.4, 0.5) is 11.4 Å². The Labute approximate surface area is 155 Å². The Morgan fingerprint density at radius 1 is 1.19 bits per heavy atom. The zero-order chi connectivity index (χ0) is 18.3. The van der Waals surface area contributed by atoms with Crippen molar-refractivity contribution < 1.29 is 4.79 Å². The monoisotopic (exact) mass is 365 g/mol. The number of halogens is 1. The van der Waals surface area contributed by atoms with Crippen LogP contribution in [0.5, 0.6) is 0 Å². The Morgan fingerprint density at radius 2 is 1.96 bits per heavy atom. The lowest BCUT2D eigenvalue weighted by Crippen LogP contribution is -2.27. The summed E-state index contributed by atoms with van der Waals surface area (Å²) in [6.07, 6.45) is 1.64. The largest absolute Gasteiger partial charge is 0.342 e. The summed E-state index contributed by atoms with van der Waals surface area (Å²) >= 11 is 5.91. The van der Waals surface area contributed by atoms with Crippen LogP contribution in [0.2, 0.25) is 5.02 Å². The van der Waals surface area contributed by atoms with E-state index in [0.29, 0.717) is 16.4 Å². The molecule has 0 aliphatic carbocycles. The lowest BCUT2D eigenvalue weighted by Gasteiger charge is -2.12. The van der Waals surface area contributed by atoms with Crippen molar-refractivity contribution in [3.63, 3.8) is 0 Å². The zero-order valence-electron chi connectivity index (χ0n) is 14.3. The summed E-state index contributed by atoms with van der Waals surface area (Å²) in [7, 11) is 0. The Hall–Kier alpha value is -2.99. The van der Waals surface area contributed by atoms with Crippen LogP contribution in [0.15, 0.2) is 52.6 Å². The Bertz CT molecular complexity index is 1050. The molecule has 7 heteroatoms. The summed E-state index contributed by atoms with van der Waals surface area (Å²) in [4.78, 5) is 24.7. The number of benzene rings is 2. The van der Waals surface area contributed by atoms with Gasteiger partial charge in [0, 0.05) is 11.2 Å². The minimum absolute atomic E-state index is 0.132. The van der Waals surface area contributed by atoms with Gasteiger partial charge in [0.25, 0.3) is 5.91 Å². The van der Waals surface area contributed by atoms with E-state index in [2.05, 4.69) is 20.1 Å². The number of nitrogens with zero attached hydrogens (tertiary/aromatic N) is 4. The van der Waals surface area contributed by atoms with E-state index < -0.39 is 5.92 Å². The number of aliphatic imine (C=N–C) groups is 1. The number of amides is 1. The van der Waals surface area contributed by atoms with Crippen molar-refractivity contribution in [2.45, 2.75) is 13.8 Å². The van der Waals surface area contributed by atoms with Gasteiger partial charge in [-0.3, -0.25) is 9.79 Å². The van der Waals surface area contributed by atoms with Crippen molar-refractivity contribution in [3.8, 4) is 0 Å². The topological polar surface area (TPSA) is 73.7 Å². The predicted molar refractivity (Wildman–Crippen MR) is 105 cm³/mol. The van der Waals surface area contributed by atoms with Crippen LogP contribution in [0.25, 0.3) is 11.0 Å². The number of aryl methyl sites for hydroxylation is 1. The maximum atomic E-state index is 12.7. The first-order valence-electron chi connectivity index (χ1n) is 8.16. The van der Waals surface area contributed by atoms with Crippen LogP contribution < -0.4 is 5.01 Å². The van der Waals surface area contributed by atoms with E-state index in [1.807, 2.05) is 32.0 Å². The van der Waals surface area contributed by atoms with Gasteiger partial charge in [-0.05, 0) is 56.3 Å². The highest BCUT2D eigenvalue weighted by Crippen LogP contribution is 2.25. The summed E-state index contributed by atoms with van der Waals surface area (Å²) in [6, 6.07) is 12.7. The Morgan fingerprint density at radius 3 is 2.73 bits per heavy atom. The number of hydrogen-bond donors (Lipinski definition) is 1. The molecule has 0 fully saturated rings. The first kappa shape index (κ1) is 16.5. The molecule has 1 amide bonds. The number of carbonyl (C=O) groups excluding carboxylic acids is 1. The lowest BCUT2D eigenvalue weighted by molar-refractivity contribution is -0.118. The van der Waals surface area contributed by atoms with Crippen molar-refractivity contribution in [3.05, 3.63) is 53.3 Å². The van der Waals surface area contributed by atoms with Gasteiger partial charge in [0.2, 0.25) is 0 Å². The number of imidazole rings is 1. The molecule has 0 spiro atoms. The molecule has 1 aromatic heterocycles. The maximum absolute atomic E-state index is 12.7. The minimum Gasteiger partial charge on any atom is -0.342 e. The molecule has 1 unspecified atom stereocenters. The van der Waals surface area contributed by atoms with Gasteiger partial charge in [-0.25, -0.2) is 4.98 Å². The van der Waals surface area contributed by atoms with Gasteiger partial charge in [0.15, 0.2) is 0 Å². The van der Waals surface area contributed by atoms with Crippen molar-refractivity contribution in [2.24, 2.45) is 16.0 Å². The molecule has 0 saturated carbocycles. The third kappa shape index (κ3) is 2.99. The fourth-order valence-corrected chi connectivity index (χ4v) is 3.01. The second kappa shape index (κ2) is 6.38. The summed E-state index contributed by atoms with van der Waals surface area (Å²) in [5.74, 6) is 0.241. The highest BCUT2D eigenvalue weighted by molar-refractivity contribution is 6.30. The van der Waals surface area contributed by atoms with Gasteiger partial charge in [0.1, 0.15) is 11.7 Å². The first-order valence-corrected chi connectivity index (χ1v) is 8.54. The molecule has 4 rings (SSSR count). The smallest absolute Gasteiger partial charge is 0.261 e. The SMILES string of the molecule is CC1=NN(c2ccc(Cl)cc2)C(=O)C1C=Nc1ccc2nc(C)[nH]c2c1. The van der Waals surface area contributed by atoms with E-state index >= 15 is 0 Å². The molecule has 3 aromatic rings. The fourth-order valence-electron chi connectivity index (χ4n) is 2.88. The summed E-state index contributed by atoms with van der Waals surface area (Å²) < 4.78 is 0. The molecule has 1 aliphatic heterocycles. The van der Waals surface area contributed by atoms with Gasteiger partial charge in [-0.2, -0.15) is 10.1 Å². The van der Waals surface area contributed by atoms with E-state index in [0.717, 1.165) is 22.5 Å². The molecule has 130 valence electrons. The van der Waals surface area contributed by atoms with E-state index in [9.17, 15) is 4.79 Å². The molecular formula is C19H16ClN5O. The number of anilines is 1. The van der Waals surface area contributed by atoms with Crippen molar-refractivity contribution in [2.75, 3.05) is 5.01 Å². The van der Waals surface area contributed by atoms with Crippen LogP contribution in [-0.4, -0.2) is 27.8 Å². The van der Waals surface area contributed by atoms with Crippen LogP contribution in [0.3, 0.4) is 0 Å². The number of aromatic amines is 1. The molecular weight excluding hydrogens is 350 g/mol. The van der Waals surface area contributed by atoms with Crippen LogP contribution in [-0.2, 0) is 4.79 Å². The Balaban J connectivity index is 1.57. The van der Waals surface area contributed by atoms with Gasteiger partial charge in [0.05, 0.1) is 28.1 Å². The summed E-state index contributed by atoms with van der Waals surface area (Å²) in [5, 5.41) is 6.37. The third-order valence-electron chi connectivity index (χ3n) is 4.21. The molecule has 26 heavy (non-hydrogen) atoms. The molecule has 0 saturated heterocycles. The molecule has 6 nitrogen and oxygen atoms in total. The molecule has 1 aliphatic rings. The number of fused-ring (bicyclic) bond motifs is 1. The number of H-pyrrole nitrogens is 1. The summed E-state index contributed by atoms with van der Waals surface area (Å²) in [5.41, 5.74) is 3.95. The van der Waals surface area contributed by atoms with Gasteiger partial charge in [-0.1, -0.05) is 11.6 Å². The van der Waals surface area contributed by atoms with Gasteiger partial charge < -0.3 is 4.98 Å². The quantitative estimate of drug-likeness (QED) is 0.704. The molecule has 2 aromatic carbocycles. The number of hydrogen-bond acceptors (Lipinski definition) is 4. The average molecular weight is 366 g/mol. The molecule has 1 N–H and O–H groups in total.